The van der Waals surface area contributed by atoms with E-state index in [2.05, 4.69) is 15.2 Å². The maximum absolute atomic E-state index is 14.0. The third kappa shape index (κ3) is 5.64. The maximum atomic E-state index is 14.0. The van der Waals surface area contributed by atoms with Gasteiger partial charge < -0.3 is 10.1 Å². The molecule has 30 heavy (non-hydrogen) atoms. The Morgan fingerprint density at radius 2 is 2.00 bits per heavy atom. The fourth-order valence-electron chi connectivity index (χ4n) is 2.66. The molecule has 0 saturated heterocycles. The zero-order valence-electron chi connectivity index (χ0n) is 15.8. The topological polar surface area (TPSA) is 56.1 Å². The lowest BCUT2D eigenvalue weighted by molar-refractivity contribution is -0.111. The molecule has 1 heterocycles. The number of halogens is 4. The Labute approximate surface area is 175 Å². The fraction of sp³-hybridized carbons (Fsp3) is 0.143. The van der Waals surface area contributed by atoms with E-state index >= 15 is 0 Å². The molecule has 2 aromatic carbocycles. The first kappa shape index (κ1) is 21.4. The average Bonchev–Trinajstić information content (AvgIpc) is 3.02. The molecule has 3 rings (SSSR count). The van der Waals surface area contributed by atoms with Gasteiger partial charge >= 0.3 is 6.61 Å². The van der Waals surface area contributed by atoms with Crippen molar-refractivity contribution in [1.29, 1.82) is 0 Å². The van der Waals surface area contributed by atoms with Crippen molar-refractivity contribution in [2.75, 3.05) is 5.32 Å². The minimum absolute atomic E-state index is 0.0302. The molecule has 3 aromatic rings. The first-order chi connectivity index (χ1) is 14.3. The Bertz CT molecular complexity index is 1050. The van der Waals surface area contributed by atoms with Crippen LogP contribution in [-0.4, -0.2) is 22.3 Å². The van der Waals surface area contributed by atoms with Crippen LogP contribution in [0.25, 0.3) is 6.08 Å². The van der Waals surface area contributed by atoms with E-state index < -0.39 is 18.3 Å². The molecule has 0 radical (unpaired) electrons. The Balaban J connectivity index is 1.63. The van der Waals surface area contributed by atoms with E-state index in [1.165, 1.54) is 41.1 Å². The number of anilines is 1. The summed E-state index contributed by atoms with van der Waals surface area (Å²) in [5.41, 5.74) is 1.65. The van der Waals surface area contributed by atoms with E-state index in [1.54, 1.807) is 31.2 Å². The minimum atomic E-state index is -2.89. The number of aromatic nitrogens is 2. The standard InChI is InChI=1S/C21H17ClF3N3O2/c1-13-11-19(27-28(13)12-16-17(22)3-2-4-18(16)23)26-20(29)10-7-14-5-8-15(9-6-14)30-21(24)25/h2-11,21H,12H2,1H3,(H,26,27,29)/b10-7-. The number of rotatable bonds is 7. The van der Waals surface area contributed by atoms with Crippen LogP contribution in [0.3, 0.4) is 0 Å². The number of amides is 1. The van der Waals surface area contributed by atoms with Crippen molar-refractivity contribution < 1.29 is 22.7 Å². The van der Waals surface area contributed by atoms with Crippen molar-refractivity contribution >= 4 is 29.4 Å². The van der Waals surface area contributed by atoms with Crippen LogP contribution >= 0.6 is 11.6 Å². The molecule has 0 unspecified atom stereocenters. The van der Waals surface area contributed by atoms with Gasteiger partial charge in [-0.3, -0.25) is 9.48 Å². The fourth-order valence-corrected chi connectivity index (χ4v) is 2.89. The summed E-state index contributed by atoms with van der Waals surface area (Å²) in [6.45, 7) is -0.998. The molecule has 1 aromatic heterocycles. The van der Waals surface area contributed by atoms with Crippen molar-refractivity contribution in [1.82, 2.24) is 9.78 Å². The largest absolute Gasteiger partial charge is 0.435 e. The van der Waals surface area contributed by atoms with Gasteiger partial charge in [-0.15, -0.1) is 0 Å². The number of alkyl halides is 2. The van der Waals surface area contributed by atoms with E-state index in [1.807, 2.05) is 0 Å². The van der Waals surface area contributed by atoms with Gasteiger partial charge in [0, 0.05) is 28.4 Å². The number of hydrogen-bond acceptors (Lipinski definition) is 3. The van der Waals surface area contributed by atoms with Gasteiger partial charge in [0.15, 0.2) is 5.82 Å². The van der Waals surface area contributed by atoms with Crippen LogP contribution in [0.1, 0.15) is 16.8 Å². The van der Waals surface area contributed by atoms with E-state index in [-0.39, 0.29) is 12.3 Å². The highest BCUT2D eigenvalue weighted by Gasteiger charge is 2.12. The van der Waals surface area contributed by atoms with Gasteiger partial charge in [0.05, 0.1) is 6.54 Å². The summed E-state index contributed by atoms with van der Waals surface area (Å²) in [5, 5.41) is 7.17. The predicted octanol–water partition coefficient (Wildman–Crippen LogP) is 5.29. The van der Waals surface area contributed by atoms with Gasteiger partial charge in [-0.1, -0.05) is 29.8 Å². The van der Waals surface area contributed by atoms with E-state index in [0.717, 1.165) is 0 Å². The molecule has 0 saturated carbocycles. The van der Waals surface area contributed by atoms with E-state index in [4.69, 9.17) is 11.6 Å². The second kappa shape index (κ2) is 9.49. The van der Waals surface area contributed by atoms with E-state index in [9.17, 15) is 18.0 Å². The third-order valence-electron chi connectivity index (χ3n) is 4.13. The molecule has 0 bridgehead atoms. The first-order valence-corrected chi connectivity index (χ1v) is 9.21. The zero-order valence-corrected chi connectivity index (χ0v) is 16.5. The Morgan fingerprint density at radius 1 is 1.27 bits per heavy atom. The van der Waals surface area contributed by atoms with Crippen LogP contribution in [0.4, 0.5) is 19.0 Å². The van der Waals surface area contributed by atoms with Crippen LogP contribution in [0.15, 0.2) is 54.6 Å². The Hall–Kier alpha value is -3.26. The molecule has 9 heteroatoms. The molecule has 1 amide bonds. The van der Waals surface area contributed by atoms with Gasteiger partial charge in [0.25, 0.3) is 0 Å². The smallest absolute Gasteiger partial charge is 0.387 e. The number of nitrogens with zero attached hydrogens (tertiary/aromatic N) is 2. The van der Waals surface area contributed by atoms with Crippen LogP contribution < -0.4 is 10.1 Å². The molecule has 0 spiro atoms. The number of carbonyl (C=O) groups is 1. The van der Waals surface area contributed by atoms with Crippen molar-refractivity contribution in [2.24, 2.45) is 0 Å². The average molecular weight is 436 g/mol. The summed E-state index contributed by atoms with van der Waals surface area (Å²) in [5.74, 6) is -0.537. The second-order valence-corrected chi connectivity index (χ2v) is 6.71. The third-order valence-corrected chi connectivity index (χ3v) is 4.49. The van der Waals surface area contributed by atoms with Crippen molar-refractivity contribution in [2.45, 2.75) is 20.1 Å². The molecule has 5 nitrogen and oxygen atoms in total. The SMILES string of the molecule is Cc1cc(NC(=O)/C=C\c2ccc(OC(F)F)cc2)nn1Cc1c(F)cccc1Cl. The number of benzene rings is 2. The number of ether oxygens (including phenoxy) is 1. The van der Waals surface area contributed by atoms with Crippen molar-refractivity contribution in [3.63, 3.8) is 0 Å². The lowest BCUT2D eigenvalue weighted by atomic mass is 10.2. The summed E-state index contributed by atoms with van der Waals surface area (Å²) in [7, 11) is 0. The summed E-state index contributed by atoms with van der Waals surface area (Å²) in [4.78, 5) is 12.1. The number of nitrogens with one attached hydrogen (secondary N) is 1. The molecule has 156 valence electrons. The van der Waals surface area contributed by atoms with Crippen LogP contribution in [0.5, 0.6) is 5.75 Å². The molecular formula is C21H17ClF3N3O2. The molecule has 0 fully saturated rings. The lowest BCUT2D eigenvalue weighted by Gasteiger charge is -2.07. The van der Waals surface area contributed by atoms with Gasteiger partial charge in [0.2, 0.25) is 5.91 Å². The highest BCUT2D eigenvalue weighted by molar-refractivity contribution is 6.31. The molecule has 1 N–H and O–H groups in total. The normalized spacial score (nSPS) is 11.3. The maximum Gasteiger partial charge on any atom is 0.387 e. The van der Waals surface area contributed by atoms with Crippen molar-refractivity contribution in [3.05, 3.63) is 82.3 Å². The Morgan fingerprint density at radius 3 is 2.67 bits per heavy atom. The number of hydrogen-bond donors (Lipinski definition) is 1. The monoisotopic (exact) mass is 435 g/mol. The second-order valence-electron chi connectivity index (χ2n) is 6.30. The number of carbonyl (C=O) groups excluding carboxylic acids is 1. The lowest BCUT2D eigenvalue weighted by Crippen LogP contribution is -2.10. The summed E-state index contributed by atoms with van der Waals surface area (Å²) < 4.78 is 44.1. The minimum Gasteiger partial charge on any atom is -0.435 e. The summed E-state index contributed by atoms with van der Waals surface area (Å²) >= 11 is 6.05. The first-order valence-electron chi connectivity index (χ1n) is 8.83. The van der Waals surface area contributed by atoms with Crippen LogP contribution in [0.2, 0.25) is 5.02 Å². The van der Waals surface area contributed by atoms with E-state index in [0.29, 0.717) is 27.7 Å². The number of aryl methyl sites for hydroxylation is 1. The van der Waals surface area contributed by atoms with Gasteiger partial charge in [0.1, 0.15) is 11.6 Å². The van der Waals surface area contributed by atoms with Gasteiger partial charge in [-0.05, 0) is 42.8 Å². The highest BCUT2D eigenvalue weighted by atomic mass is 35.5. The summed E-state index contributed by atoms with van der Waals surface area (Å²) in [6, 6.07) is 11.9. The summed E-state index contributed by atoms with van der Waals surface area (Å²) in [6.07, 6.45) is 2.80. The molecule has 0 aliphatic rings. The molecule has 0 aliphatic carbocycles. The highest BCUT2D eigenvalue weighted by Crippen LogP contribution is 2.21. The Kier molecular flexibility index (Phi) is 6.79. The van der Waals surface area contributed by atoms with Crippen molar-refractivity contribution in [3.8, 4) is 5.75 Å². The molecular weight excluding hydrogens is 419 g/mol. The van der Waals surface area contributed by atoms with Crippen LogP contribution in [0, 0.1) is 12.7 Å². The quantitative estimate of drug-likeness (QED) is 0.513. The van der Waals surface area contributed by atoms with Gasteiger partial charge in [-0.2, -0.15) is 13.9 Å². The van der Waals surface area contributed by atoms with Gasteiger partial charge in [-0.25, -0.2) is 4.39 Å². The molecule has 0 atom stereocenters. The zero-order chi connectivity index (χ0) is 21.7. The predicted molar refractivity (Wildman–Crippen MR) is 108 cm³/mol. The molecule has 0 aliphatic heterocycles. The van der Waals surface area contributed by atoms with Crippen LogP contribution in [-0.2, 0) is 11.3 Å².